The van der Waals surface area contributed by atoms with Crippen LogP contribution < -0.4 is 5.32 Å². The molecule has 1 unspecified atom stereocenters. The average Bonchev–Trinajstić information content (AvgIpc) is 2.44. The van der Waals surface area contributed by atoms with E-state index in [2.05, 4.69) is 10.1 Å². The van der Waals surface area contributed by atoms with Gasteiger partial charge in [-0.15, -0.1) is 0 Å². The summed E-state index contributed by atoms with van der Waals surface area (Å²) < 4.78 is 9.42. The predicted octanol–water partition coefficient (Wildman–Crippen LogP) is 0.600. The van der Waals surface area contributed by atoms with Crippen LogP contribution >= 0.6 is 0 Å². The maximum atomic E-state index is 11.9. The molecule has 6 nitrogen and oxygen atoms in total. The van der Waals surface area contributed by atoms with Gasteiger partial charge in [-0.3, -0.25) is 4.79 Å². The lowest BCUT2D eigenvalue weighted by Gasteiger charge is -2.22. The largest absolute Gasteiger partial charge is 0.465 e. The Morgan fingerprint density at radius 1 is 1.20 bits per heavy atom. The molecule has 0 bridgehead atoms. The number of carbonyl (C=O) groups is 2. The highest BCUT2D eigenvalue weighted by molar-refractivity contribution is 5.96. The van der Waals surface area contributed by atoms with E-state index in [9.17, 15) is 14.7 Å². The van der Waals surface area contributed by atoms with E-state index in [0.29, 0.717) is 11.1 Å². The van der Waals surface area contributed by atoms with Crippen molar-refractivity contribution in [2.45, 2.75) is 12.5 Å². The van der Waals surface area contributed by atoms with Crippen LogP contribution in [-0.2, 0) is 9.47 Å². The number of benzene rings is 1. The van der Waals surface area contributed by atoms with Crippen LogP contribution in [0.2, 0.25) is 0 Å². The Hall–Kier alpha value is -1.92. The molecule has 1 rings (SSSR count). The lowest BCUT2D eigenvalue weighted by atomic mass is 10.1. The van der Waals surface area contributed by atoms with Gasteiger partial charge < -0.3 is 19.9 Å². The topological polar surface area (TPSA) is 84.9 Å². The molecule has 20 heavy (non-hydrogen) atoms. The number of hydrogen-bond acceptors (Lipinski definition) is 5. The molecule has 0 aliphatic rings. The molecule has 0 saturated heterocycles. The Labute approximate surface area is 117 Å². The summed E-state index contributed by atoms with van der Waals surface area (Å²) >= 11 is 0. The van der Waals surface area contributed by atoms with Gasteiger partial charge in [0.05, 0.1) is 19.3 Å². The SMILES string of the molecule is COCC(C)(O)CNC(=O)c1ccc(C(=O)OC)cc1. The van der Waals surface area contributed by atoms with Gasteiger partial charge in [-0.1, -0.05) is 0 Å². The van der Waals surface area contributed by atoms with Crippen LogP contribution in [0.15, 0.2) is 24.3 Å². The average molecular weight is 281 g/mol. The Bertz CT molecular complexity index is 467. The second-order valence-corrected chi connectivity index (χ2v) is 4.68. The minimum atomic E-state index is -1.13. The number of hydrogen-bond donors (Lipinski definition) is 2. The Morgan fingerprint density at radius 2 is 1.75 bits per heavy atom. The number of methoxy groups -OCH3 is 2. The zero-order valence-electron chi connectivity index (χ0n) is 11.8. The summed E-state index contributed by atoms with van der Waals surface area (Å²) in [6, 6.07) is 6.06. The second kappa shape index (κ2) is 7.02. The molecule has 1 amide bonds. The van der Waals surface area contributed by atoms with Gasteiger partial charge in [-0.25, -0.2) is 4.79 Å². The highest BCUT2D eigenvalue weighted by atomic mass is 16.5. The number of amides is 1. The summed E-state index contributed by atoms with van der Waals surface area (Å²) in [7, 11) is 2.77. The quantitative estimate of drug-likeness (QED) is 0.746. The van der Waals surface area contributed by atoms with E-state index >= 15 is 0 Å². The third kappa shape index (κ3) is 4.64. The van der Waals surface area contributed by atoms with Gasteiger partial charge in [0.1, 0.15) is 5.60 Å². The zero-order chi connectivity index (χ0) is 15.2. The first kappa shape index (κ1) is 16.1. The summed E-state index contributed by atoms with van der Waals surface area (Å²) in [5, 5.41) is 12.5. The van der Waals surface area contributed by atoms with Crippen molar-refractivity contribution >= 4 is 11.9 Å². The molecule has 0 radical (unpaired) electrons. The normalized spacial score (nSPS) is 13.4. The maximum absolute atomic E-state index is 11.9. The van der Waals surface area contributed by atoms with Crippen LogP contribution in [0.1, 0.15) is 27.6 Å². The standard InChI is InChI=1S/C14H19NO5/c1-14(18,9-19-2)8-15-12(16)10-4-6-11(7-5-10)13(17)20-3/h4-7,18H,8-9H2,1-3H3,(H,15,16). The fraction of sp³-hybridized carbons (Fsp3) is 0.429. The Morgan fingerprint density at radius 3 is 2.25 bits per heavy atom. The summed E-state index contributed by atoms with van der Waals surface area (Å²) in [6.45, 7) is 1.75. The lowest BCUT2D eigenvalue weighted by Crippen LogP contribution is -2.43. The highest BCUT2D eigenvalue weighted by Gasteiger charge is 2.21. The van der Waals surface area contributed by atoms with Gasteiger partial charge in [0.2, 0.25) is 0 Å². The molecule has 0 aliphatic carbocycles. The van der Waals surface area contributed by atoms with Crippen molar-refractivity contribution in [1.82, 2.24) is 5.32 Å². The number of carbonyl (C=O) groups excluding carboxylic acids is 2. The molecule has 0 fully saturated rings. The number of esters is 1. The van der Waals surface area contributed by atoms with E-state index in [1.165, 1.54) is 38.5 Å². The van der Waals surface area contributed by atoms with Crippen LogP contribution in [0.3, 0.4) is 0 Å². The third-order valence-electron chi connectivity index (χ3n) is 2.65. The summed E-state index contributed by atoms with van der Waals surface area (Å²) in [4.78, 5) is 23.1. The molecule has 0 heterocycles. The molecule has 0 aliphatic heterocycles. The van der Waals surface area contributed by atoms with Crippen molar-refractivity contribution in [2.24, 2.45) is 0 Å². The molecule has 0 saturated carbocycles. The van der Waals surface area contributed by atoms with Gasteiger partial charge in [-0.2, -0.15) is 0 Å². The first-order valence-corrected chi connectivity index (χ1v) is 6.07. The Balaban J connectivity index is 2.62. The highest BCUT2D eigenvalue weighted by Crippen LogP contribution is 2.07. The van der Waals surface area contributed by atoms with Gasteiger partial charge >= 0.3 is 5.97 Å². The fourth-order valence-electron chi connectivity index (χ4n) is 1.61. The first-order chi connectivity index (χ1) is 9.39. The minimum absolute atomic E-state index is 0.0679. The van der Waals surface area contributed by atoms with Gasteiger partial charge in [-0.05, 0) is 31.2 Å². The molecular weight excluding hydrogens is 262 g/mol. The van der Waals surface area contributed by atoms with Crippen LogP contribution in [0.25, 0.3) is 0 Å². The molecule has 0 spiro atoms. The van der Waals surface area contributed by atoms with E-state index in [0.717, 1.165) is 0 Å². The summed E-state index contributed by atoms with van der Waals surface area (Å²) in [5.74, 6) is -0.794. The number of aliphatic hydroxyl groups is 1. The van der Waals surface area contributed by atoms with Crippen LogP contribution in [0, 0.1) is 0 Å². The van der Waals surface area contributed by atoms with Gasteiger partial charge in [0.15, 0.2) is 0 Å². The van der Waals surface area contributed by atoms with Crippen molar-refractivity contribution in [1.29, 1.82) is 0 Å². The molecule has 1 aromatic rings. The number of rotatable bonds is 6. The lowest BCUT2D eigenvalue weighted by molar-refractivity contribution is -0.0147. The predicted molar refractivity (Wildman–Crippen MR) is 72.6 cm³/mol. The van der Waals surface area contributed by atoms with Crippen LogP contribution in [0.4, 0.5) is 0 Å². The number of ether oxygens (including phenoxy) is 2. The van der Waals surface area contributed by atoms with Crippen LogP contribution in [0.5, 0.6) is 0 Å². The van der Waals surface area contributed by atoms with Gasteiger partial charge in [0, 0.05) is 19.2 Å². The molecule has 0 aromatic heterocycles. The minimum Gasteiger partial charge on any atom is -0.465 e. The first-order valence-electron chi connectivity index (χ1n) is 6.07. The second-order valence-electron chi connectivity index (χ2n) is 4.68. The zero-order valence-corrected chi connectivity index (χ0v) is 11.8. The Kier molecular flexibility index (Phi) is 5.66. The molecule has 2 N–H and O–H groups in total. The number of nitrogens with one attached hydrogen (secondary N) is 1. The van der Waals surface area contributed by atoms with Crippen molar-refractivity contribution in [3.05, 3.63) is 35.4 Å². The summed E-state index contributed by atoms with van der Waals surface area (Å²) in [6.07, 6.45) is 0. The van der Waals surface area contributed by atoms with E-state index in [-0.39, 0.29) is 19.1 Å². The van der Waals surface area contributed by atoms with E-state index < -0.39 is 11.6 Å². The van der Waals surface area contributed by atoms with Crippen molar-refractivity contribution in [2.75, 3.05) is 27.4 Å². The van der Waals surface area contributed by atoms with Gasteiger partial charge in [0.25, 0.3) is 5.91 Å². The molecule has 1 atom stereocenters. The molecule has 6 heteroatoms. The third-order valence-corrected chi connectivity index (χ3v) is 2.65. The van der Waals surface area contributed by atoms with Crippen molar-refractivity contribution in [3.8, 4) is 0 Å². The van der Waals surface area contributed by atoms with Crippen molar-refractivity contribution < 1.29 is 24.2 Å². The molecular formula is C14H19NO5. The maximum Gasteiger partial charge on any atom is 0.337 e. The van der Waals surface area contributed by atoms with Crippen LogP contribution in [-0.4, -0.2) is 50.0 Å². The summed E-state index contributed by atoms with van der Waals surface area (Å²) in [5.41, 5.74) is -0.364. The van der Waals surface area contributed by atoms with E-state index in [1.54, 1.807) is 6.92 Å². The molecule has 110 valence electrons. The smallest absolute Gasteiger partial charge is 0.337 e. The fourth-order valence-corrected chi connectivity index (χ4v) is 1.61. The van der Waals surface area contributed by atoms with E-state index in [1.807, 2.05) is 0 Å². The van der Waals surface area contributed by atoms with E-state index in [4.69, 9.17) is 4.74 Å². The monoisotopic (exact) mass is 281 g/mol. The molecule has 1 aromatic carbocycles. The van der Waals surface area contributed by atoms with Crippen molar-refractivity contribution in [3.63, 3.8) is 0 Å².